The predicted molar refractivity (Wildman–Crippen MR) is 79.0 cm³/mol. The summed E-state index contributed by atoms with van der Waals surface area (Å²) in [6.07, 6.45) is 9.36. The minimum Gasteiger partial charge on any atom is -0.247 e. The standard InChI is InChI=1S/C18H28F2/c1-2-12-3-4-14-8-15(6-5-13(14)7-12)16-9-17(19)11-18(20)10-16/h2,12-18H,1,3-11H2. The highest BCUT2D eigenvalue weighted by molar-refractivity contribution is 4.93. The molecule has 0 nitrogen and oxygen atoms in total. The van der Waals surface area contributed by atoms with Crippen molar-refractivity contribution in [3.05, 3.63) is 12.7 Å². The summed E-state index contributed by atoms with van der Waals surface area (Å²) in [7, 11) is 0. The molecule has 0 heterocycles. The number of hydrogen-bond acceptors (Lipinski definition) is 0. The Hall–Kier alpha value is -0.400. The zero-order valence-electron chi connectivity index (χ0n) is 12.4. The fourth-order valence-electron chi connectivity index (χ4n) is 5.21. The highest BCUT2D eigenvalue weighted by Gasteiger charge is 2.40. The Labute approximate surface area is 122 Å². The van der Waals surface area contributed by atoms with E-state index in [1.807, 2.05) is 0 Å². The lowest BCUT2D eigenvalue weighted by Crippen LogP contribution is -2.36. The average molecular weight is 282 g/mol. The van der Waals surface area contributed by atoms with Crippen molar-refractivity contribution < 1.29 is 8.78 Å². The van der Waals surface area contributed by atoms with Crippen LogP contribution in [-0.4, -0.2) is 12.3 Å². The van der Waals surface area contributed by atoms with E-state index in [1.54, 1.807) is 0 Å². The molecular weight excluding hydrogens is 254 g/mol. The van der Waals surface area contributed by atoms with Gasteiger partial charge in [0.25, 0.3) is 0 Å². The van der Waals surface area contributed by atoms with E-state index >= 15 is 0 Å². The van der Waals surface area contributed by atoms with Gasteiger partial charge >= 0.3 is 0 Å². The molecule has 0 bridgehead atoms. The van der Waals surface area contributed by atoms with Gasteiger partial charge in [-0.15, -0.1) is 6.58 Å². The van der Waals surface area contributed by atoms with Crippen LogP contribution in [0.15, 0.2) is 12.7 Å². The Balaban J connectivity index is 1.57. The van der Waals surface area contributed by atoms with Crippen molar-refractivity contribution >= 4 is 0 Å². The van der Waals surface area contributed by atoms with Gasteiger partial charge in [-0.05, 0) is 81.0 Å². The minimum atomic E-state index is -0.891. The van der Waals surface area contributed by atoms with Gasteiger partial charge in [0.05, 0.1) is 0 Å². The van der Waals surface area contributed by atoms with Crippen molar-refractivity contribution in [2.24, 2.45) is 29.6 Å². The van der Waals surface area contributed by atoms with Gasteiger partial charge in [0.15, 0.2) is 0 Å². The Morgan fingerprint density at radius 3 is 1.85 bits per heavy atom. The summed E-state index contributed by atoms with van der Waals surface area (Å²) in [5.74, 6) is 3.30. The maximum Gasteiger partial charge on any atom is 0.103 e. The first-order valence-electron chi connectivity index (χ1n) is 8.56. The highest BCUT2D eigenvalue weighted by atomic mass is 19.1. The van der Waals surface area contributed by atoms with Crippen molar-refractivity contribution in [1.82, 2.24) is 0 Å². The fourth-order valence-corrected chi connectivity index (χ4v) is 5.21. The smallest absolute Gasteiger partial charge is 0.103 e. The molecule has 6 unspecified atom stereocenters. The molecule has 0 amide bonds. The SMILES string of the molecule is C=CC1CCC2CC(C3CC(F)CC(F)C3)CCC2C1. The molecule has 0 radical (unpaired) electrons. The Kier molecular flexibility index (Phi) is 4.47. The van der Waals surface area contributed by atoms with Gasteiger partial charge in [-0.2, -0.15) is 0 Å². The maximum absolute atomic E-state index is 13.6. The van der Waals surface area contributed by atoms with Gasteiger partial charge in [0.1, 0.15) is 12.3 Å². The summed E-state index contributed by atoms with van der Waals surface area (Å²) >= 11 is 0. The van der Waals surface area contributed by atoms with E-state index in [0.29, 0.717) is 30.6 Å². The number of allylic oxidation sites excluding steroid dienone is 1. The monoisotopic (exact) mass is 282 g/mol. The summed E-state index contributed by atoms with van der Waals surface area (Å²) < 4.78 is 27.2. The van der Waals surface area contributed by atoms with Gasteiger partial charge in [-0.3, -0.25) is 0 Å². The number of hydrogen-bond donors (Lipinski definition) is 0. The van der Waals surface area contributed by atoms with Crippen molar-refractivity contribution in [2.75, 3.05) is 0 Å². The van der Waals surface area contributed by atoms with E-state index in [9.17, 15) is 8.78 Å². The molecule has 0 spiro atoms. The summed E-state index contributed by atoms with van der Waals surface area (Å²) in [4.78, 5) is 0. The van der Waals surface area contributed by atoms with Crippen LogP contribution in [0.25, 0.3) is 0 Å². The molecular formula is C18H28F2. The van der Waals surface area contributed by atoms with Gasteiger partial charge < -0.3 is 0 Å². The molecule has 0 saturated heterocycles. The van der Waals surface area contributed by atoms with E-state index in [2.05, 4.69) is 12.7 Å². The van der Waals surface area contributed by atoms with Crippen LogP contribution in [-0.2, 0) is 0 Å². The van der Waals surface area contributed by atoms with Crippen molar-refractivity contribution in [3.8, 4) is 0 Å². The largest absolute Gasteiger partial charge is 0.247 e. The fraction of sp³-hybridized carbons (Fsp3) is 0.889. The molecule has 3 aliphatic rings. The first kappa shape index (κ1) is 14.5. The first-order valence-corrected chi connectivity index (χ1v) is 8.56. The molecule has 20 heavy (non-hydrogen) atoms. The van der Waals surface area contributed by atoms with Crippen LogP contribution >= 0.6 is 0 Å². The Morgan fingerprint density at radius 1 is 0.650 bits per heavy atom. The molecule has 6 atom stereocenters. The summed E-state index contributed by atoms with van der Waals surface area (Å²) in [5, 5.41) is 0. The highest BCUT2D eigenvalue weighted by Crippen LogP contribution is 2.49. The van der Waals surface area contributed by atoms with Gasteiger partial charge in [0.2, 0.25) is 0 Å². The molecule has 0 aromatic heterocycles. The third-order valence-corrected chi connectivity index (χ3v) is 6.32. The van der Waals surface area contributed by atoms with Crippen LogP contribution in [0.4, 0.5) is 8.78 Å². The third kappa shape index (κ3) is 3.09. The van der Waals surface area contributed by atoms with Crippen LogP contribution in [0.2, 0.25) is 0 Å². The molecule has 0 aromatic carbocycles. The summed E-state index contributed by atoms with van der Waals surface area (Å²) in [6.45, 7) is 3.94. The van der Waals surface area contributed by atoms with E-state index in [-0.39, 0.29) is 6.42 Å². The van der Waals surface area contributed by atoms with E-state index in [0.717, 1.165) is 11.8 Å². The minimum absolute atomic E-state index is 0.149. The number of halogens is 2. The molecule has 0 aromatic rings. The van der Waals surface area contributed by atoms with Crippen molar-refractivity contribution in [2.45, 2.75) is 70.1 Å². The van der Waals surface area contributed by atoms with Crippen LogP contribution in [0.3, 0.4) is 0 Å². The maximum atomic E-state index is 13.6. The first-order chi connectivity index (χ1) is 9.65. The van der Waals surface area contributed by atoms with Gasteiger partial charge in [0, 0.05) is 6.42 Å². The lowest BCUT2D eigenvalue weighted by molar-refractivity contribution is 0.0352. The van der Waals surface area contributed by atoms with E-state index in [4.69, 9.17) is 0 Å². The number of alkyl halides is 2. The molecule has 114 valence electrons. The van der Waals surface area contributed by atoms with E-state index < -0.39 is 12.3 Å². The zero-order valence-corrected chi connectivity index (χ0v) is 12.4. The van der Waals surface area contributed by atoms with Gasteiger partial charge in [-0.1, -0.05) is 6.08 Å². The quantitative estimate of drug-likeness (QED) is 0.588. The molecule has 3 saturated carbocycles. The van der Waals surface area contributed by atoms with Crippen molar-refractivity contribution in [1.29, 1.82) is 0 Å². The molecule has 2 heteroatoms. The molecule has 3 fully saturated rings. The number of fused-ring (bicyclic) bond motifs is 1. The van der Waals surface area contributed by atoms with Crippen LogP contribution in [0, 0.1) is 29.6 Å². The second-order valence-corrected chi connectivity index (χ2v) is 7.56. The van der Waals surface area contributed by atoms with E-state index in [1.165, 1.54) is 38.5 Å². The molecule has 3 aliphatic carbocycles. The van der Waals surface area contributed by atoms with Crippen LogP contribution in [0.1, 0.15) is 57.8 Å². The van der Waals surface area contributed by atoms with Crippen LogP contribution < -0.4 is 0 Å². The Bertz CT molecular complexity index is 330. The number of rotatable bonds is 2. The zero-order chi connectivity index (χ0) is 14.1. The third-order valence-electron chi connectivity index (χ3n) is 6.32. The van der Waals surface area contributed by atoms with Gasteiger partial charge in [-0.25, -0.2) is 8.78 Å². The molecule has 3 rings (SSSR count). The van der Waals surface area contributed by atoms with Crippen molar-refractivity contribution in [3.63, 3.8) is 0 Å². The molecule has 0 aliphatic heterocycles. The predicted octanol–water partition coefficient (Wildman–Crippen LogP) is 5.48. The lowest BCUT2D eigenvalue weighted by atomic mass is 9.61. The average Bonchev–Trinajstić information content (AvgIpc) is 2.45. The molecule has 0 N–H and O–H groups in total. The topological polar surface area (TPSA) is 0 Å². The van der Waals surface area contributed by atoms with Crippen LogP contribution in [0.5, 0.6) is 0 Å². The second-order valence-electron chi connectivity index (χ2n) is 7.56. The lowest BCUT2D eigenvalue weighted by Gasteiger charge is -2.45. The normalized spacial score (nSPS) is 49.4. The second kappa shape index (κ2) is 6.15. The Morgan fingerprint density at radius 2 is 1.20 bits per heavy atom. The summed E-state index contributed by atoms with van der Waals surface area (Å²) in [5.41, 5.74) is 0. The summed E-state index contributed by atoms with van der Waals surface area (Å²) in [6, 6.07) is 0.